The van der Waals surface area contributed by atoms with Gasteiger partial charge in [-0.3, -0.25) is 0 Å². The van der Waals surface area contributed by atoms with Crippen LogP contribution in [0.15, 0.2) is 24.3 Å². The number of nitrogens with one attached hydrogen (secondary N) is 1. The summed E-state index contributed by atoms with van der Waals surface area (Å²) in [5.41, 5.74) is 1.24. The lowest BCUT2D eigenvalue weighted by Gasteiger charge is -2.26. The highest BCUT2D eigenvalue weighted by Gasteiger charge is 2.16. The van der Waals surface area contributed by atoms with Gasteiger partial charge in [-0.1, -0.05) is 12.1 Å². The third-order valence-corrected chi connectivity index (χ3v) is 3.14. The number of hydrogen-bond donors (Lipinski definition) is 1. The molecule has 1 unspecified atom stereocenters. The summed E-state index contributed by atoms with van der Waals surface area (Å²) in [5, 5.41) is 3.52. The number of ether oxygens (including phenoxy) is 1. The number of halogens is 1. The number of hydrogen-bond acceptors (Lipinski definition) is 2. The van der Waals surface area contributed by atoms with Crippen molar-refractivity contribution in [2.45, 2.75) is 58.6 Å². The first kappa shape index (κ1) is 17.1. The molecule has 2 nitrogen and oxygen atoms in total. The second-order valence-corrected chi connectivity index (χ2v) is 6.59. The van der Waals surface area contributed by atoms with Crippen molar-refractivity contribution in [2.24, 2.45) is 0 Å². The van der Waals surface area contributed by atoms with Crippen LogP contribution in [-0.2, 0) is 4.74 Å². The highest BCUT2D eigenvalue weighted by atomic mass is 19.1. The largest absolute Gasteiger partial charge is 0.379 e. The summed E-state index contributed by atoms with van der Waals surface area (Å²) in [6, 6.07) is 6.81. The van der Waals surface area contributed by atoms with Gasteiger partial charge in [-0.05, 0) is 64.7 Å². The van der Waals surface area contributed by atoms with Crippen molar-refractivity contribution in [1.82, 2.24) is 5.32 Å². The molecule has 0 aliphatic rings. The fourth-order valence-corrected chi connectivity index (χ4v) is 2.00. The van der Waals surface area contributed by atoms with Gasteiger partial charge >= 0.3 is 0 Å². The van der Waals surface area contributed by atoms with E-state index in [0.29, 0.717) is 5.92 Å². The molecule has 0 fully saturated rings. The molecule has 1 atom stereocenters. The smallest absolute Gasteiger partial charge is 0.123 e. The highest BCUT2D eigenvalue weighted by Crippen LogP contribution is 2.20. The summed E-state index contributed by atoms with van der Waals surface area (Å²) < 4.78 is 18.7. The third kappa shape index (κ3) is 7.01. The molecule has 0 spiro atoms. The molecule has 1 aromatic rings. The minimum absolute atomic E-state index is 0.0805. The lowest BCUT2D eigenvalue weighted by Crippen LogP contribution is -2.38. The van der Waals surface area contributed by atoms with Gasteiger partial charge in [0.15, 0.2) is 0 Å². The zero-order valence-corrected chi connectivity index (χ0v) is 13.4. The number of rotatable bonds is 7. The quantitative estimate of drug-likeness (QED) is 0.812. The fourth-order valence-electron chi connectivity index (χ4n) is 2.00. The zero-order chi connectivity index (χ0) is 15.2. The van der Waals surface area contributed by atoms with E-state index in [1.165, 1.54) is 12.1 Å². The van der Waals surface area contributed by atoms with Crippen molar-refractivity contribution in [3.63, 3.8) is 0 Å². The molecular weight excluding hydrogens is 253 g/mol. The summed E-state index contributed by atoms with van der Waals surface area (Å²) in [5.74, 6) is 0.156. The van der Waals surface area contributed by atoms with Crippen LogP contribution >= 0.6 is 0 Å². The Kier molecular flexibility index (Phi) is 6.63. The molecule has 0 aliphatic carbocycles. The van der Waals surface area contributed by atoms with Crippen LogP contribution in [0.2, 0.25) is 0 Å². The summed E-state index contributed by atoms with van der Waals surface area (Å²) in [6.45, 7) is 12.1. The molecular formula is C17H28FNO. The molecule has 0 aromatic heterocycles. The minimum atomic E-state index is -0.185. The van der Waals surface area contributed by atoms with Gasteiger partial charge < -0.3 is 10.1 Å². The van der Waals surface area contributed by atoms with Gasteiger partial charge in [0.25, 0.3) is 0 Å². The van der Waals surface area contributed by atoms with E-state index < -0.39 is 0 Å². The Morgan fingerprint density at radius 3 is 2.25 bits per heavy atom. The van der Waals surface area contributed by atoms with Crippen molar-refractivity contribution >= 4 is 0 Å². The molecule has 0 amide bonds. The van der Waals surface area contributed by atoms with Gasteiger partial charge in [-0.25, -0.2) is 4.39 Å². The molecule has 1 aromatic carbocycles. The molecule has 0 radical (unpaired) electrons. The van der Waals surface area contributed by atoms with Gasteiger partial charge in [0, 0.05) is 18.7 Å². The molecule has 114 valence electrons. The van der Waals surface area contributed by atoms with E-state index in [9.17, 15) is 4.39 Å². The van der Waals surface area contributed by atoms with Gasteiger partial charge in [0.2, 0.25) is 0 Å². The van der Waals surface area contributed by atoms with Crippen molar-refractivity contribution in [2.75, 3.05) is 13.2 Å². The van der Waals surface area contributed by atoms with Crippen LogP contribution in [0.5, 0.6) is 0 Å². The highest BCUT2D eigenvalue weighted by molar-refractivity contribution is 5.21. The van der Waals surface area contributed by atoms with Crippen molar-refractivity contribution in [3.8, 4) is 0 Å². The van der Waals surface area contributed by atoms with E-state index in [1.807, 2.05) is 26.0 Å². The van der Waals surface area contributed by atoms with E-state index in [2.05, 4.69) is 26.1 Å². The minimum Gasteiger partial charge on any atom is -0.379 e. The van der Waals surface area contributed by atoms with Crippen LogP contribution < -0.4 is 5.32 Å². The van der Waals surface area contributed by atoms with Crippen molar-refractivity contribution in [1.29, 1.82) is 0 Å². The Morgan fingerprint density at radius 1 is 1.15 bits per heavy atom. The Hall–Kier alpha value is -0.930. The first-order valence-corrected chi connectivity index (χ1v) is 7.40. The molecule has 1 rings (SSSR count). The maximum absolute atomic E-state index is 13.0. The van der Waals surface area contributed by atoms with E-state index in [4.69, 9.17) is 4.74 Å². The SMILES string of the molecule is CC(C)OCCC(CNC(C)(C)C)c1ccc(F)cc1. The Morgan fingerprint density at radius 2 is 1.75 bits per heavy atom. The molecule has 0 saturated carbocycles. The average molecular weight is 281 g/mol. The summed E-state index contributed by atoms with van der Waals surface area (Å²) in [6.07, 6.45) is 1.19. The average Bonchev–Trinajstić information content (AvgIpc) is 2.33. The molecule has 1 N–H and O–H groups in total. The van der Waals surface area contributed by atoms with Crippen LogP contribution in [0.3, 0.4) is 0 Å². The molecule has 3 heteroatoms. The zero-order valence-electron chi connectivity index (χ0n) is 13.4. The standard InChI is InChI=1S/C17H28FNO/c1-13(2)20-11-10-15(12-19-17(3,4)5)14-6-8-16(18)9-7-14/h6-9,13,15,19H,10-12H2,1-5H3. The van der Waals surface area contributed by atoms with E-state index in [1.54, 1.807) is 0 Å². The van der Waals surface area contributed by atoms with Crippen molar-refractivity contribution < 1.29 is 9.13 Å². The Bertz CT molecular complexity index is 381. The Labute approximate surface area is 122 Å². The maximum Gasteiger partial charge on any atom is 0.123 e. The lowest BCUT2D eigenvalue weighted by molar-refractivity contribution is 0.0729. The summed E-state index contributed by atoms with van der Waals surface area (Å²) in [7, 11) is 0. The van der Waals surface area contributed by atoms with Gasteiger partial charge in [0.05, 0.1) is 6.10 Å². The van der Waals surface area contributed by atoms with E-state index >= 15 is 0 Å². The molecule has 0 bridgehead atoms. The predicted molar refractivity (Wildman–Crippen MR) is 82.6 cm³/mol. The normalized spacial score (nSPS) is 13.8. The van der Waals surface area contributed by atoms with Crippen LogP contribution in [0, 0.1) is 5.82 Å². The monoisotopic (exact) mass is 281 g/mol. The van der Waals surface area contributed by atoms with Gasteiger partial charge in [-0.15, -0.1) is 0 Å². The van der Waals surface area contributed by atoms with Crippen LogP contribution in [-0.4, -0.2) is 24.8 Å². The Balaban J connectivity index is 2.65. The van der Waals surface area contributed by atoms with Gasteiger partial charge in [0.1, 0.15) is 5.82 Å². The number of benzene rings is 1. The second-order valence-electron chi connectivity index (χ2n) is 6.59. The van der Waals surface area contributed by atoms with Crippen molar-refractivity contribution in [3.05, 3.63) is 35.6 Å². The summed E-state index contributed by atoms with van der Waals surface area (Å²) >= 11 is 0. The maximum atomic E-state index is 13.0. The topological polar surface area (TPSA) is 21.3 Å². The van der Waals surface area contributed by atoms with Crippen LogP contribution in [0.4, 0.5) is 4.39 Å². The fraction of sp³-hybridized carbons (Fsp3) is 0.647. The summed E-state index contributed by atoms with van der Waals surface area (Å²) in [4.78, 5) is 0. The second kappa shape index (κ2) is 7.75. The third-order valence-electron chi connectivity index (χ3n) is 3.14. The van der Waals surface area contributed by atoms with E-state index in [-0.39, 0.29) is 17.5 Å². The first-order chi connectivity index (χ1) is 9.28. The molecule has 0 saturated heterocycles. The van der Waals surface area contributed by atoms with Crippen LogP contribution in [0.1, 0.15) is 52.5 Å². The lowest BCUT2D eigenvalue weighted by atomic mass is 9.94. The van der Waals surface area contributed by atoms with Crippen LogP contribution in [0.25, 0.3) is 0 Å². The molecule has 0 heterocycles. The van der Waals surface area contributed by atoms with Gasteiger partial charge in [-0.2, -0.15) is 0 Å². The predicted octanol–water partition coefficient (Wildman–Crippen LogP) is 4.11. The molecule has 20 heavy (non-hydrogen) atoms. The molecule has 0 aliphatic heterocycles. The van der Waals surface area contributed by atoms with E-state index in [0.717, 1.165) is 25.1 Å². The first-order valence-electron chi connectivity index (χ1n) is 7.40.